The molecule has 1 heteroatoms. The highest BCUT2D eigenvalue weighted by atomic mass is 14.8. The Balaban J connectivity index is 3.37. The van der Waals surface area contributed by atoms with Gasteiger partial charge < -0.3 is 5.32 Å². The molecule has 1 N–H and O–H groups in total. The number of hydrogen-bond acceptors (Lipinski definition) is 1. The fraction of sp³-hybridized carbons (Fsp3) is 0.556. The Hall–Kier alpha value is -0.720. The van der Waals surface area contributed by atoms with Crippen molar-refractivity contribution >= 4 is 0 Å². The predicted octanol–water partition coefficient (Wildman–Crippen LogP) is 2.32. The van der Waals surface area contributed by atoms with Crippen molar-refractivity contribution < 1.29 is 0 Å². The zero-order chi connectivity index (χ0) is 8.04. The van der Waals surface area contributed by atoms with Crippen molar-refractivity contribution in [1.29, 1.82) is 0 Å². The average molecular weight is 139 g/mol. The standard InChI is InChI=1S/C9H17N/c1-5-6-7-10-8-9(2,3)4/h5-7,10H,1,8H2,2-4H3/b7-6-. The number of hydrogen-bond donors (Lipinski definition) is 1. The summed E-state index contributed by atoms with van der Waals surface area (Å²) in [5.74, 6) is 0. The van der Waals surface area contributed by atoms with Gasteiger partial charge in [-0.3, -0.25) is 0 Å². The third-order valence-electron chi connectivity index (χ3n) is 0.983. The number of allylic oxidation sites excluding steroid dienone is 2. The maximum atomic E-state index is 3.57. The van der Waals surface area contributed by atoms with E-state index in [1.807, 2.05) is 12.3 Å². The molecule has 58 valence electrons. The minimum Gasteiger partial charge on any atom is -0.390 e. The summed E-state index contributed by atoms with van der Waals surface area (Å²) in [7, 11) is 0. The lowest BCUT2D eigenvalue weighted by Gasteiger charge is -2.17. The zero-order valence-corrected chi connectivity index (χ0v) is 7.15. The van der Waals surface area contributed by atoms with Crippen LogP contribution in [0, 0.1) is 5.41 Å². The van der Waals surface area contributed by atoms with Crippen LogP contribution in [0.25, 0.3) is 0 Å². The van der Waals surface area contributed by atoms with E-state index in [1.165, 1.54) is 0 Å². The molecule has 0 saturated carbocycles. The van der Waals surface area contributed by atoms with E-state index in [2.05, 4.69) is 32.7 Å². The second-order valence-electron chi connectivity index (χ2n) is 3.54. The van der Waals surface area contributed by atoms with Crippen LogP contribution in [0.4, 0.5) is 0 Å². The Morgan fingerprint density at radius 1 is 1.40 bits per heavy atom. The van der Waals surface area contributed by atoms with Gasteiger partial charge in [0, 0.05) is 6.54 Å². The Morgan fingerprint density at radius 2 is 2.00 bits per heavy atom. The molecule has 1 nitrogen and oxygen atoms in total. The molecule has 0 saturated heterocycles. The van der Waals surface area contributed by atoms with Crippen molar-refractivity contribution in [1.82, 2.24) is 5.32 Å². The first-order valence-corrected chi connectivity index (χ1v) is 3.57. The third-order valence-corrected chi connectivity index (χ3v) is 0.983. The summed E-state index contributed by atoms with van der Waals surface area (Å²) >= 11 is 0. The van der Waals surface area contributed by atoms with Crippen molar-refractivity contribution in [2.45, 2.75) is 20.8 Å². The average Bonchev–Trinajstić information content (AvgIpc) is 1.78. The normalized spacial score (nSPS) is 11.9. The monoisotopic (exact) mass is 139 g/mol. The summed E-state index contributed by atoms with van der Waals surface area (Å²) in [5.41, 5.74) is 0.353. The molecule has 0 fully saturated rings. The van der Waals surface area contributed by atoms with Gasteiger partial charge in [-0.15, -0.1) is 0 Å². The molecular formula is C9H17N. The van der Waals surface area contributed by atoms with E-state index in [1.54, 1.807) is 6.08 Å². The maximum absolute atomic E-state index is 3.57. The van der Waals surface area contributed by atoms with Crippen molar-refractivity contribution in [3.05, 3.63) is 24.9 Å². The van der Waals surface area contributed by atoms with Gasteiger partial charge in [0.1, 0.15) is 0 Å². The highest BCUT2D eigenvalue weighted by Crippen LogP contribution is 2.09. The van der Waals surface area contributed by atoms with E-state index in [0.717, 1.165) is 6.54 Å². The summed E-state index contributed by atoms with van der Waals surface area (Å²) in [6.07, 6.45) is 5.57. The predicted molar refractivity (Wildman–Crippen MR) is 46.8 cm³/mol. The van der Waals surface area contributed by atoms with Crippen LogP contribution in [0.15, 0.2) is 24.9 Å². The highest BCUT2D eigenvalue weighted by Gasteiger charge is 2.06. The molecule has 0 unspecified atom stereocenters. The van der Waals surface area contributed by atoms with Gasteiger partial charge in [0.15, 0.2) is 0 Å². The number of nitrogens with one attached hydrogen (secondary N) is 1. The van der Waals surface area contributed by atoms with Gasteiger partial charge in [-0.2, -0.15) is 0 Å². The van der Waals surface area contributed by atoms with E-state index < -0.39 is 0 Å². The van der Waals surface area contributed by atoms with E-state index in [9.17, 15) is 0 Å². The molecule has 0 aromatic rings. The second kappa shape index (κ2) is 4.15. The molecule has 0 bridgehead atoms. The molecular weight excluding hydrogens is 122 g/mol. The molecule has 10 heavy (non-hydrogen) atoms. The van der Waals surface area contributed by atoms with Gasteiger partial charge in [-0.1, -0.05) is 33.4 Å². The van der Waals surface area contributed by atoms with Gasteiger partial charge >= 0.3 is 0 Å². The minimum atomic E-state index is 0.353. The van der Waals surface area contributed by atoms with Crippen LogP contribution in [0.3, 0.4) is 0 Å². The summed E-state index contributed by atoms with van der Waals surface area (Å²) in [4.78, 5) is 0. The lowest BCUT2D eigenvalue weighted by atomic mass is 9.97. The van der Waals surface area contributed by atoms with E-state index >= 15 is 0 Å². The minimum absolute atomic E-state index is 0.353. The maximum Gasteiger partial charge on any atom is 0.0190 e. The molecule has 0 heterocycles. The van der Waals surface area contributed by atoms with Crippen molar-refractivity contribution in [2.75, 3.05) is 6.54 Å². The lowest BCUT2D eigenvalue weighted by molar-refractivity contribution is 0.402. The Bertz CT molecular complexity index is 117. The van der Waals surface area contributed by atoms with Crippen LogP contribution in [0.5, 0.6) is 0 Å². The van der Waals surface area contributed by atoms with Crippen molar-refractivity contribution in [3.8, 4) is 0 Å². The first-order chi connectivity index (χ1) is 4.56. The van der Waals surface area contributed by atoms with E-state index in [4.69, 9.17) is 0 Å². The lowest BCUT2D eigenvalue weighted by Crippen LogP contribution is -2.22. The Labute approximate surface area is 63.8 Å². The Morgan fingerprint density at radius 3 is 2.40 bits per heavy atom. The van der Waals surface area contributed by atoms with Gasteiger partial charge in [0.25, 0.3) is 0 Å². The van der Waals surface area contributed by atoms with Crippen LogP contribution in [-0.4, -0.2) is 6.54 Å². The van der Waals surface area contributed by atoms with Gasteiger partial charge in [0.05, 0.1) is 0 Å². The fourth-order valence-electron chi connectivity index (χ4n) is 0.501. The quantitative estimate of drug-likeness (QED) is 0.592. The van der Waals surface area contributed by atoms with E-state index in [0.29, 0.717) is 5.41 Å². The third kappa shape index (κ3) is 7.28. The summed E-state index contributed by atoms with van der Waals surface area (Å²) in [6, 6.07) is 0. The topological polar surface area (TPSA) is 12.0 Å². The molecule has 0 aliphatic carbocycles. The summed E-state index contributed by atoms with van der Waals surface area (Å²) in [6.45, 7) is 11.2. The largest absolute Gasteiger partial charge is 0.390 e. The van der Waals surface area contributed by atoms with Gasteiger partial charge in [-0.25, -0.2) is 0 Å². The first-order valence-electron chi connectivity index (χ1n) is 3.57. The SMILES string of the molecule is C=C/C=C\NCC(C)(C)C. The van der Waals surface area contributed by atoms with Crippen LogP contribution in [-0.2, 0) is 0 Å². The zero-order valence-electron chi connectivity index (χ0n) is 7.15. The molecule has 0 rings (SSSR count). The highest BCUT2D eigenvalue weighted by molar-refractivity contribution is 4.96. The smallest absolute Gasteiger partial charge is 0.0190 e. The van der Waals surface area contributed by atoms with E-state index in [-0.39, 0.29) is 0 Å². The van der Waals surface area contributed by atoms with Gasteiger partial charge in [-0.05, 0) is 17.7 Å². The molecule has 0 atom stereocenters. The second-order valence-corrected chi connectivity index (χ2v) is 3.54. The first kappa shape index (κ1) is 9.28. The molecule has 0 aliphatic heterocycles. The Kier molecular flexibility index (Phi) is 3.85. The van der Waals surface area contributed by atoms with Crippen LogP contribution in [0.1, 0.15) is 20.8 Å². The van der Waals surface area contributed by atoms with Crippen molar-refractivity contribution in [2.24, 2.45) is 5.41 Å². The van der Waals surface area contributed by atoms with Crippen molar-refractivity contribution in [3.63, 3.8) is 0 Å². The number of rotatable bonds is 3. The van der Waals surface area contributed by atoms with Crippen LogP contribution >= 0.6 is 0 Å². The molecule has 0 aromatic carbocycles. The summed E-state index contributed by atoms with van der Waals surface area (Å²) < 4.78 is 0. The molecule has 0 aromatic heterocycles. The molecule has 0 spiro atoms. The van der Waals surface area contributed by atoms with Crippen LogP contribution in [0.2, 0.25) is 0 Å². The van der Waals surface area contributed by atoms with Gasteiger partial charge in [0.2, 0.25) is 0 Å². The molecule has 0 aliphatic rings. The molecule has 0 radical (unpaired) electrons. The summed E-state index contributed by atoms with van der Waals surface area (Å²) in [5, 5.41) is 3.17. The van der Waals surface area contributed by atoms with Crippen LogP contribution < -0.4 is 5.32 Å². The molecule has 0 amide bonds. The fourth-order valence-corrected chi connectivity index (χ4v) is 0.501.